The Kier molecular flexibility index (Phi) is 12.7. The van der Waals surface area contributed by atoms with Gasteiger partial charge in [0.05, 0.1) is 18.8 Å². The molecule has 0 bridgehead atoms. The van der Waals surface area contributed by atoms with E-state index in [2.05, 4.69) is 5.32 Å². The minimum atomic E-state index is -0.103. The Bertz CT molecular complexity index is 464. The smallest absolute Gasteiger partial charge is 0.246 e. The second-order valence-corrected chi connectivity index (χ2v) is 6.14. The standard InChI is InChI=1S/C15H23NO3.C5H11NO/c1-3-14(19-4-2)10-16-15(17)12-18-11-13-8-6-5-7-9-13;6-4-5-2-1-3-7-5/h5-9,14H,3-4,10-12H2,1-2H3,(H,16,17);5H,1-4,6H2. The summed E-state index contributed by atoms with van der Waals surface area (Å²) < 4.78 is 16.0. The predicted molar refractivity (Wildman–Crippen MR) is 103 cm³/mol. The van der Waals surface area contributed by atoms with Crippen molar-refractivity contribution in [1.29, 1.82) is 0 Å². The summed E-state index contributed by atoms with van der Waals surface area (Å²) in [5.41, 5.74) is 6.37. The van der Waals surface area contributed by atoms with Gasteiger partial charge in [0.25, 0.3) is 0 Å². The van der Waals surface area contributed by atoms with Gasteiger partial charge in [-0.05, 0) is 31.7 Å². The van der Waals surface area contributed by atoms with Crippen LogP contribution < -0.4 is 11.1 Å². The number of carbonyl (C=O) groups excluding carboxylic acids is 1. The molecule has 2 unspecified atom stereocenters. The molecule has 1 saturated heterocycles. The maximum Gasteiger partial charge on any atom is 0.246 e. The van der Waals surface area contributed by atoms with Crippen LogP contribution in [0.25, 0.3) is 0 Å². The molecule has 1 aliphatic heterocycles. The van der Waals surface area contributed by atoms with Gasteiger partial charge in [0.1, 0.15) is 6.61 Å². The number of benzene rings is 1. The van der Waals surface area contributed by atoms with Crippen LogP contribution in [0.15, 0.2) is 30.3 Å². The fourth-order valence-corrected chi connectivity index (χ4v) is 2.50. The molecular weight excluding hydrogens is 332 g/mol. The summed E-state index contributed by atoms with van der Waals surface area (Å²) in [7, 11) is 0. The molecule has 1 amide bonds. The molecule has 1 aromatic carbocycles. The van der Waals surface area contributed by atoms with Gasteiger partial charge in [0.15, 0.2) is 0 Å². The van der Waals surface area contributed by atoms with Crippen LogP contribution in [-0.4, -0.2) is 51.0 Å². The van der Waals surface area contributed by atoms with Crippen molar-refractivity contribution < 1.29 is 19.0 Å². The molecule has 3 N–H and O–H groups in total. The highest BCUT2D eigenvalue weighted by atomic mass is 16.5. The summed E-state index contributed by atoms with van der Waals surface area (Å²) in [6.45, 7) is 7.35. The molecule has 0 aliphatic carbocycles. The van der Waals surface area contributed by atoms with E-state index in [1.54, 1.807) is 0 Å². The van der Waals surface area contributed by atoms with E-state index in [9.17, 15) is 4.79 Å². The van der Waals surface area contributed by atoms with Crippen molar-refractivity contribution in [2.45, 2.75) is 51.9 Å². The van der Waals surface area contributed by atoms with Crippen LogP contribution >= 0.6 is 0 Å². The lowest BCUT2D eigenvalue weighted by Gasteiger charge is -2.15. The SMILES string of the molecule is CCOC(CC)CNC(=O)COCc1ccccc1.NCC1CCCO1. The molecule has 6 nitrogen and oxygen atoms in total. The predicted octanol–water partition coefficient (Wildman–Crippen LogP) is 2.26. The van der Waals surface area contributed by atoms with Crippen molar-refractivity contribution in [2.75, 3.05) is 32.9 Å². The fraction of sp³-hybridized carbons (Fsp3) is 0.650. The Morgan fingerprint density at radius 3 is 2.65 bits per heavy atom. The third-order valence-corrected chi connectivity index (χ3v) is 4.02. The molecule has 0 radical (unpaired) electrons. The summed E-state index contributed by atoms with van der Waals surface area (Å²) in [4.78, 5) is 11.6. The average molecular weight is 367 g/mol. The van der Waals surface area contributed by atoms with E-state index in [1.807, 2.05) is 44.2 Å². The van der Waals surface area contributed by atoms with E-state index in [-0.39, 0.29) is 18.6 Å². The quantitative estimate of drug-likeness (QED) is 0.664. The Morgan fingerprint density at radius 2 is 2.12 bits per heavy atom. The van der Waals surface area contributed by atoms with Gasteiger partial charge in [-0.25, -0.2) is 0 Å². The van der Waals surface area contributed by atoms with Crippen molar-refractivity contribution in [3.05, 3.63) is 35.9 Å². The van der Waals surface area contributed by atoms with Gasteiger partial charge >= 0.3 is 0 Å². The second kappa shape index (κ2) is 14.7. The van der Waals surface area contributed by atoms with Gasteiger partial charge in [-0.15, -0.1) is 0 Å². The zero-order valence-corrected chi connectivity index (χ0v) is 16.1. The molecule has 0 spiro atoms. The van der Waals surface area contributed by atoms with Gasteiger partial charge in [-0.2, -0.15) is 0 Å². The second-order valence-electron chi connectivity index (χ2n) is 6.14. The number of nitrogens with two attached hydrogens (primary N) is 1. The Morgan fingerprint density at radius 1 is 1.35 bits per heavy atom. The van der Waals surface area contributed by atoms with Crippen molar-refractivity contribution in [1.82, 2.24) is 5.32 Å². The van der Waals surface area contributed by atoms with Crippen LogP contribution in [0, 0.1) is 0 Å². The lowest BCUT2D eigenvalue weighted by molar-refractivity contribution is -0.126. The van der Waals surface area contributed by atoms with Crippen molar-refractivity contribution in [2.24, 2.45) is 5.73 Å². The van der Waals surface area contributed by atoms with Crippen LogP contribution in [0.1, 0.15) is 38.7 Å². The first-order valence-electron chi connectivity index (χ1n) is 9.51. The first-order chi connectivity index (χ1) is 12.7. The number of hydrogen-bond acceptors (Lipinski definition) is 5. The third-order valence-electron chi connectivity index (χ3n) is 4.02. The molecule has 1 fully saturated rings. The molecular formula is C20H34N2O4. The number of carbonyl (C=O) groups is 1. The highest BCUT2D eigenvalue weighted by molar-refractivity contribution is 5.77. The molecule has 1 aromatic rings. The van der Waals surface area contributed by atoms with E-state index in [0.717, 1.165) is 25.0 Å². The van der Waals surface area contributed by atoms with Gasteiger partial charge in [0, 0.05) is 26.3 Å². The largest absolute Gasteiger partial charge is 0.377 e. The van der Waals surface area contributed by atoms with Gasteiger partial charge < -0.3 is 25.3 Å². The van der Waals surface area contributed by atoms with E-state index < -0.39 is 0 Å². The molecule has 0 saturated carbocycles. The lowest BCUT2D eigenvalue weighted by atomic mass is 10.2. The first kappa shape index (κ1) is 22.6. The molecule has 1 heterocycles. The summed E-state index contributed by atoms with van der Waals surface area (Å²) in [5.74, 6) is -0.103. The summed E-state index contributed by atoms with van der Waals surface area (Å²) in [6.07, 6.45) is 3.71. The van der Waals surface area contributed by atoms with Crippen molar-refractivity contribution in [3.8, 4) is 0 Å². The topological polar surface area (TPSA) is 82.8 Å². The number of rotatable bonds is 10. The molecule has 2 rings (SSSR count). The van der Waals surface area contributed by atoms with E-state index in [1.165, 1.54) is 6.42 Å². The van der Waals surface area contributed by atoms with Crippen LogP contribution in [0.5, 0.6) is 0 Å². The monoisotopic (exact) mass is 366 g/mol. The van der Waals surface area contributed by atoms with Gasteiger partial charge in [0.2, 0.25) is 5.91 Å². The van der Waals surface area contributed by atoms with Crippen molar-refractivity contribution >= 4 is 5.91 Å². The fourth-order valence-electron chi connectivity index (χ4n) is 2.50. The molecule has 2 atom stereocenters. The van der Waals surface area contributed by atoms with Crippen molar-refractivity contribution in [3.63, 3.8) is 0 Å². The lowest BCUT2D eigenvalue weighted by Crippen LogP contribution is -2.35. The minimum absolute atomic E-state index is 0.0808. The molecule has 0 aromatic heterocycles. The van der Waals surface area contributed by atoms with Gasteiger partial charge in [-0.1, -0.05) is 37.3 Å². The zero-order valence-electron chi connectivity index (χ0n) is 16.1. The normalized spacial score (nSPS) is 17.3. The molecule has 148 valence electrons. The number of hydrogen-bond donors (Lipinski definition) is 2. The Balaban J connectivity index is 0.000000401. The molecule has 6 heteroatoms. The zero-order chi connectivity index (χ0) is 19.0. The number of nitrogens with one attached hydrogen (secondary N) is 1. The van der Waals surface area contributed by atoms with Crippen LogP contribution in [0.3, 0.4) is 0 Å². The summed E-state index contributed by atoms with van der Waals surface area (Å²) >= 11 is 0. The molecule has 1 aliphatic rings. The highest BCUT2D eigenvalue weighted by Crippen LogP contribution is 2.09. The van der Waals surface area contributed by atoms with E-state index in [4.69, 9.17) is 19.9 Å². The average Bonchev–Trinajstić information content (AvgIpc) is 3.20. The van der Waals surface area contributed by atoms with Crippen LogP contribution in [0.2, 0.25) is 0 Å². The summed E-state index contributed by atoms with van der Waals surface area (Å²) in [5, 5.41) is 2.82. The molecule has 26 heavy (non-hydrogen) atoms. The highest BCUT2D eigenvalue weighted by Gasteiger charge is 2.11. The maximum absolute atomic E-state index is 11.6. The first-order valence-corrected chi connectivity index (χ1v) is 9.51. The van der Waals surface area contributed by atoms with Crippen LogP contribution in [-0.2, 0) is 25.6 Å². The minimum Gasteiger partial charge on any atom is -0.377 e. The van der Waals surface area contributed by atoms with E-state index in [0.29, 0.717) is 32.4 Å². The van der Waals surface area contributed by atoms with Crippen LogP contribution in [0.4, 0.5) is 0 Å². The summed E-state index contributed by atoms with van der Waals surface area (Å²) in [6, 6.07) is 9.80. The maximum atomic E-state index is 11.6. The number of amides is 1. The number of ether oxygens (including phenoxy) is 3. The van der Waals surface area contributed by atoms with Gasteiger partial charge in [-0.3, -0.25) is 4.79 Å². The van der Waals surface area contributed by atoms with E-state index >= 15 is 0 Å². The Hall–Kier alpha value is -1.47. The third kappa shape index (κ3) is 10.5. The Labute approximate surface area is 157 Å².